The van der Waals surface area contributed by atoms with Crippen molar-refractivity contribution in [2.45, 2.75) is 46.0 Å². The van der Waals surface area contributed by atoms with Gasteiger partial charge in [-0.15, -0.1) is 0 Å². The lowest BCUT2D eigenvalue weighted by Gasteiger charge is -2.08. The minimum absolute atomic E-state index is 0.210. The lowest BCUT2D eigenvalue weighted by Crippen LogP contribution is -2.19. The molecule has 0 aliphatic heterocycles. The van der Waals surface area contributed by atoms with Crippen LogP contribution in [0, 0.1) is 0 Å². The number of carbonyl (C=O) groups is 4. The van der Waals surface area contributed by atoms with E-state index in [4.69, 9.17) is 19.7 Å². The number of aromatic carboxylic acids is 2. The molecule has 0 radical (unpaired) electrons. The van der Waals surface area contributed by atoms with Crippen molar-refractivity contribution in [1.82, 2.24) is 0 Å². The lowest BCUT2D eigenvalue weighted by molar-refractivity contribution is -0.144. The Morgan fingerprint density at radius 3 is 1.35 bits per heavy atom. The van der Waals surface area contributed by atoms with Crippen LogP contribution in [0.25, 0.3) is 0 Å². The van der Waals surface area contributed by atoms with Gasteiger partial charge in [-0.05, 0) is 24.3 Å². The number of carboxylic acids is 2. The largest absolute Gasteiger partial charge is 0.478 e. The van der Waals surface area contributed by atoms with Crippen molar-refractivity contribution in [3.63, 3.8) is 0 Å². The summed E-state index contributed by atoms with van der Waals surface area (Å²) < 4.78 is 9.71. The Kier molecular flexibility index (Phi) is 11.1. The molecule has 8 nitrogen and oxygen atoms in total. The minimum atomic E-state index is -1.29. The number of carbonyl (C=O) groups excluding carboxylic acids is 2. The van der Waals surface area contributed by atoms with Crippen LogP contribution in [-0.4, -0.2) is 34.1 Å². The van der Waals surface area contributed by atoms with E-state index >= 15 is 0 Å². The number of benzene rings is 2. The highest BCUT2D eigenvalue weighted by Crippen LogP contribution is 2.20. The number of rotatable bonds is 9. The first-order valence-corrected chi connectivity index (χ1v) is 9.86. The van der Waals surface area contributed by atoms with Crippen LogP contribution < -0.4 is 9.47 Å². The maximum Gasteiger partial charge on any atom is 0.339 e. The van der Waals surface area contributed by atoms with E-state index in [1.807, 2.05) is 0 Å². The van der Waals surface area contributed by atoms with Crippen molar-refractivity contribution in [1.29, 1.82) is 0 Å². The molecule has 0 amide bonds. The maximum atomic E-state index is 11.8. The zero-order valence-electron chi connectivity index (χ0n) is 17.5. The summed E-state index contributed by atoms with van der Waals surface area (Å²) in [6.07, 6.45) is 4.72. The van der Waals surface area contributed by atoms with Gasteiger partial charge in [-0.3, -0.25) is 9.59 Å². The molecule has 0 atom stereocenters. The van der Waals surface area contributed by atoms with Crippen LogP contribution in [0.1, 0.15) is 66.7 Å². The van der Waals surface area contributed by atoms with Gasteiger partial charge in [0.1, 0.15) is 29.0 Å². The first-order chi connectivity index (χ1) is 14.8. The molecule has 8 heteroatoms. The Hall–Kier alpha value is -3.68. The summed E-state index contributed by atoms with van der Waals surface area (Å²) in [4.78, 5) is 45.6. The fourth-order valence-electron chi connectivity index (χ4n) is 2.40. The lowest BCUT2D eigenvalue weighted by atomic mass is 10.2. The maximum absolute atomic E-state index is 11.8. The Bertz CT molecular complexity index is 830. The number of unbranched alkanes of at least 4 members (excludes halogenated alkanes) is 3. The molecule has 0 unspecified atom stereocenters. The second kappa shape index (κ2) is 13.5. The summed E-state index contributed by atoms with van der Waals surface area (Å²) in [7, 11) is 0. The highest BCUT2D eigenvalue weighted by atomic mass is 16.6. The van der Waals surface area contributed by atoms with Gasteiger partial charge in [-0.1, -0.05) is 63.8 Å². The quantitative estimate of drug-likeness (QED) is 0.256. The molecule has 2 rings (SSSR count). The summed E-state index contributed by atoms with van der Waals surface area (Å²) in [5.41, 5.74) is -0.471. The van der Waals surface area contributed by atoms with Crippen LogP contribution in [0.5, 0.6) is 11.5 Å². The second-order valence-electron chi connectivity index (χ2n) is 6.43. The fourth-order valence-corrected chi connectivity index (χ4v) is 2.40. The molecule has 0 saturated carbocycles. The Morgan fingerprint density at radius 2 is 1.03 bits per heavy atom. The molecular weight excluding hydrogens is 404 g/mol. The van der Waals surface area contributed by atoms with Crippen molar-refractivity contribution >= 4 is 23.9 Å². The van der Waals surface area contributed by atoms with Crippen LogP contribution in [0.15, 0.2) is 48.5 Å². The van der Waals surface area contributed by atoms with E-state index in [-0.39, 0.29) is 22.6 Å². The molecular formula is C23H26O8. The van der Waals surface area contributed by atoms with Crippen LogP contribution in [0.2, 0.25) is 0 Å². The molecule has 0 fully saturated rings. The van der Waals surface area contributed by atoms with Crippen molar-refractivity contribution in [2.75, 3.05) is 0 Å². The van der Waals surface area contributed by atoms with Crippen molar-refractivity contribution in [3.8, 4) is 11.5 Å². The molecule has 0 aromatic heterocycles. The van der Waals surface area contributed by atoms with Gasteiger partial charge in [0.05, 0.1) is 0 Å². The molecule has 0 aliphatic rings. The first-order valence-electron chi connectivity index (χ1n) is 9.86. The van der Waals surface area contributed by atoms with E-state index < -0.39 is 30.3 Å². The number of carboxylic acid groups (broad SMARTS) is 2. The molecule has 2 aromatic carbocycles. The number of ether oxygens (including phenoxy) is 2. The predicted octanol–water partition coefficient (Wildman–Crippen LogP) is 4.57. The third kappa shape index (κ3) is 9.12. The van der Waals surface area contributed by atoms with E-state index in [9.17, 15) is 19.2 Å². The van der Waals surface area contributed by atoms with E-state index in [0.717, 1.165) is 0 Å². The average Bonchev–Trinajstić information content (AvgIpc) is 2.73. The molecule has 31 heavy (non-hydrogen) atoms. The monoisotopic (exact) mass is 430 g/mol. The topological polar surface area (TPSA) is 127 Å². The van der Waals surface area contributed by atoms with Crippen LogP contribution in [0.3, 0.4) is 0 Å². The third-order valence-electron chi connectivity index (χ3n) is 3.93. The van der Waals surface area contributed by atoms with Crippen LogP contribution >= 0.6 is 0 Å². The van der Waals surface area contributed by atoms with Crippen LogP contribution in [-0.2, 0) is 9.59 Å². The van der Waals surface area contributed by atoms with Crippen molar-refractivity contribution in [2.24, 2.45) is 0 Å². The van der Waals surface area contributed by atoms with Gasteiger partial charge in [0, 0.05) is 0 Å². The number of hydrogen-bond donors (Lipinski definition) is 2. The molecule has 0 aliphatic carbocycles. The van der Waals surface area contributed by atoms with Crippen molar-refractivity contribution in [3.05, 3.63) is 59.7 Å². The van der Waals surface area contributed by atoms with Crippen LogP contribution in [0.4, 0.5) is 0 Å². The highest BCUT2D eigenvalue weighted by molar-refractivity contribution is 5.97. The molecule has 2 N–H and O–H groups in total. The molecule has 0 spiro atoms. The summed E-state index contributed by atoms with van der Waals surface area (Å²) >= 11 is 0. The standard InChI is InChI=1S/C17H12O8.C6H14/c18-14(24-12-7-3-1-5-10(12)16(20)21)9-15(19)25-13-8-4-2-6-11(13)17(22)23;1-3-5-6-4-2/h1-8H,9H2,(H,20,21)(H,22,23);3-6H2,1-2H3. The average molecular weight is 430 g/mol. The van der Waals surface area contributed by atoms with Gasteiger partial charge in [0.2, 0.25) is 0 Å². The molecule has 166 valence electrons. The normalized spacial score (nSPS) is 9.74. The minimum Gasteiger partial charge on any atom is -0.478 e. The smallest absolute Gasteiger partial charge is 0.339 e. The molecule has 0 saturated heterocycles. The van der Waals surface area contributed by atoms with Gasteiger partial charge in [-0.25, -0.2) is 9.59 Å². The SMILES string of the molecule is CCCCCC.O=C(CC(=O)Oc1ccccc1C(=O)O)Oc1ccccc1C(=O)O. The van der Waals surface area contributed by atoms with E-state index in [2.05, 4.69) is 13.8 Å². The number of esters is 2. The second-order valence-corrected chi connectivity index (χ2v) is 6.43. The predicted molar refractivity (Wildman–Crippen MR) is 113 cm³/mol. The summed E-state index contributed by atoms with van der Waals surface area (Å²) in [6, 6.07) is 10.9. The van der Waals surface area contributed by atoms with Gasteiger partial charge < -0.3 is 19.7 Å². The zero-order valence-corrected chi connectivity index (χ0v) is 17.5. The summed E-state index contributed by atoms with van der Waals surface area (Å²) in [5, 5.41) is 18.0. The Morgan fingerprint density at radius 1 is 0.677 bits per heavy atom. The van der Waals surface area contributed by atoms with Gasteiger partial charge in [0.15, 0.2) is 0 Å². The fraction of sp³-hybridized carbons (Fsp3) is 0.304. The van der Waals surface area contributed by atoms with E-state index in [1.165, 1.54) is 74.2 Å². The summed E-state index contributed by atoms with van der Waals surface area (Å²) in [6.45, 7) is 4.46. The molecule has 0 heterocycles. The van der Waals surface area contributed by atoms with E-state index in [1.54, 1.807) is 0 Å². The number of hydrogen-bond acceptors (Lipinski definition) is 6. The Balaban J connectivity index is 0.000000703. The summed E-state index contributed by atoms with van der Waals surface area (Å²) in [5.74, 6) is -5.07. The Labute approximate surface area is 180 Å². The van der Waals surface area contributed by atoms with Gasteiger partial charge in [-0.2, -0.15) is 0 Å². The molecule has 0 bridgehead atoms. The first kappa shape index (κ1) is 25.4. The van der Waals surface area contributed by atoms with E-state index in [0.29, 0.717) is 0 Å². The third-order valence-corrected chi connectivity index (χ3v) is 3.93. The number of para-hydroxylation sites is 2. The van der Waals surface area contributed by atoms with Gasteiger partial charge in [0.25, 0.3) is 0 Å². The van der Waals surface area contributed by atoms with Crippen molar-refractivity contribution < 1.29 is 38.9 Å². The molecule has 2 aromatic rings. The van der Waals surface area contributed by atoms with Gasteiger partial charge >= 0.3 is 23.9 Å². The zero-order chi connectivity index (χ0) is 23.2. The highest BCUT2D eigenvalue weighted by Gasteiger charge is 2.19.